The third-order valence-electron chi connectivity index (χ3n) is 2.22. The van der Waals surface area contributed by atoms with Gasteiger partial charge in [-0.3, -0.25) is 0 Å². The zero-order valence-corrected chi connectivity index (χ0v) is 8.54. The minimum Gasteiger partial charge on any atom is -0.483 e. The molecule has 3 heteroatoms. The van der Waals surface area contributed by atoms with Gasteiger partial charge in [0.15, 0.2) is 0 Å². The van der Waals surface area contributed by atoms with Crippen LogP contribution in [0.5, 0.6) is 5.75 Å². The molecule has 0 spiro atoms. The molecule has 2 nitrogen and oxygen atoms in total. The summed E-state index contributed by atoms with van der Waals surface area (Å²) in [6.07, 6.45) is 1.70. The number of fused-ring (bicyclic) bond motifs is 1. The Morgan fingerprint density at radius 2 is 2.13 bits per heavy atom. The molecule has 0 fully saturated rings. The monoisotopic (exact) mass is 203 g/mol. The Balaban J connectivity index is 2.62. The molecular formula is C12H10FNO. The highest BCUT2D eigenvalue weighted by atomic mass is 19.1. The van der Waals surface area contributed by atoms with Crippen molar-refractivity contribution in [2.45, 2.75) is 19.4 Å². The van der Waals surface area contributed by atoms with Crippen LogP contribution in [0, 0.1) is 17.1 Å². The van der Waals surface area contributed by atoms with E-state index in [9.17, 15) is 4.39 Å². The standard InChI is InChI=1S/C12H10FNO/c1-12(2)6-8(7-14)10-5-9(13)3-4-11(10)15-12/h3-6H,1-2H3. The van der Waals surface area contributed by atoms with E-state index in [4.69, 9.17) is 10.00 Å². The average Bonchev–Trinajstić information content (AvgIpc) is 2.16. The Morgan fingerprint density at radius 1 is 1.40 bits per heavy atom. The SMILES string of the molecule is CC1(C)C=C(C#N)c2cc(F)ccc2O1. The summed E-state index contributed by atoms with van der Waals surface area (Å²) in [5.74, 6) is 0.193. The van der Waals surface area contributed by atoms with Crippen molar-refractivity contribution in [3.05, 3.63) is 35.7 Å². The van der Waals surface area contributed by atoms with Crippen molar-refractivity contribution < 1.29 is 9.13 Å². The summed E-state index contributed by atoms with van der Waals surface area (Å²) in [5, 5.41) is 8.96. The highest BCUT2D eigenvalue weighted by Crippen LogP contribution is 2.35. The minimum atomic E-state index is -0.518. The first kappa shape index (κ1) is 9.72. The molecular weight excluding hydrogens is 193 g/mol. The van der Waals surface area contributed by atoms with Crippen LogP contribution in [0.2, 0.25) is 0 Å². The van der Waals surface area contributed by atoms with Gasteiger partial charge in [0.1, 0.15) is 17.2 Å². The maximum Gasteiger partial charge on any atom is 0.129 e. The molecule has 0 N–H and O–H groups in total. The zero-order valence-electron chi connectivity index (χ0n) is 8.54. The number of ether oxygens (including phenoxy) is 1. The number of halogens is 1. The number of benzene rings is 1. The van der Waals surface area contributed by atoms with E-state index in [1.807, 2.05) is 13.8 Å². The minimum absolute atomic E-state index is 0.363. The van der Waals surface area contributed by atoms with Crippen LogP contribution < -0.4 is 4.74 Å². The normalized spacial score (nSPS) is 17.1. The van der Waals surface area contributed by atoms with Crippen LogP contribution in [0.15, 0.2) is 24.3 Å². The van der Waals surface area contributed by atoms with Gasteiger partial charge in [0.05, 0.1) is 11.6 Å². The number of hydrogen-bond acceptors (Lipinski definition) is 2. The van der Waals surface area contributed by atoms with Gasteiger partial charge in [-0.2, -0.15) is 5.26 Å². The summed E-state index contributed by atoms with van der Waals surface area (Å²) < 4.78 is 18.6. The highest BCUT2D eigenvalue weighted by molar-refractivity contribution is 5.82. The lowest BCUT2D eigenvalue weighted by Crippen LogP contribution is -2.28. The van der Waals surface area contributed by atoms with Gasteiger partial charge in [-0.05, 0) is 38.1 Å². The maximum absolute atomic E-state index is 13.0. The Kier molecular flexibility index (Phi) is 2.01. The molecule has 0 saturated carbocycles. The fraction of sp³-hybridized carbons (Fsp3) is 0.250. The Morgan fingerprint density at radius 3 is 2.80 bits per heavy atom. The predicted octanol–water partition coefficient (Wildman–Crippen LogP) is 2.90. The second-order valence-electron chi connectivity index (χ2n) is 4.02. The first-order valence-corrected chi connectivity index (χ1v) is 4.64. The van der Waals surface area contributed by atoms with Crippen molar-refractivity contribution in [1.82, 2.24) is 0 Å². The summed E-state index contributed by atoms with van der Waals surface area (Å²) in [4.78, 5) is 0. The number of nitrogens with zero attached hydrogens (tertiary/aromatic N) is 1. The molecule has 1 aromatic rings. The van der Waals surface area contributed by atoms with Gasteiger partial charge >= 0.3 is 0 Å². The van der Waals surface area contributed by atoms with E-state index in [0.717, 1.165) is 0 Å². The van der Waals surface area contributed by atoms with Crippen LogP contribution in [0.1, 0.15) is 19.4 Å². The number of allylic oxidation sites excluding steroid dienone is 1. The second kappa shape index (κ2) is 3.09. The summed E-state index contributed by atoms with van der Waals surface area (Å²) in [7, 11) is 0. The van der Waals surface area contributed by atoms with Crippen molar-refractivity contribution in [1.29, 1.82) is 5.26 Å². The van der Waals surface area contributed by atoms with Crippen molar-refractivity contribution in [2.24, 2.45) is 0 Å². The molecule has 1 aliphatic rings. The van der Waals surface area contributed by atoms with Crippen molar-refractivity contribution in [3.8, 4) is 11.8 Å². The molecule has 1 aliphatic heterocycles. The first-order chi connectivity index (χ1) is 7.02. The molecule has 0 atom stereocenters. The fourth-order valence-electron chi connectivity index (χ4n) is 1.63. The van der Waals surface area contributed by atoms with Crippen molar-refractivity contribution in [3.63, 3.8) is 0 Å². The third kappa shape index (κ3) is 1.71. The first-order valence-electron chi connectivity index (χ1n) is 4.64. The Labute approximate surface area is 87.6 Å². The van der Waals surface area contributed by atoms with E-state index in [-0.39, 0.29) is 5.82 Å². The van der Waals surface area contributed by atoms with E-state index in [2.05, 4.69) is 6.07 Å². The molecule has 15 heavy (non-hydrogen) atoms. The molecule has 0 unspecified atom stereocenters. The van der Waals surface area contributed by atoms with Crippen molar-refractivity contribution in [2.75, 3.05) is 0 Å². The zero-order chi connectivity index (χ0) is 11.1. The molecule has 0 aromatic heterocycles. The third-order valence-corrected chi connectivity index (χ3v) is 2.22. The van der Waals surface area contributed by atoms with E-state index in [1.165, 1.54) is 12.1 Å². The van der Waals surface area contributed by atoms with Crippen LogP contribution in [-0.4, -0.2) is 5.60 Å². The summed E-state index contributed by atoms with van der Waals surface area (Å²) in [5.41, 5.74) is 0.466. The summed E-state index contributed by atoms with van der Waals surface area (Å²) in [6, 6.07) is 6.26. The number of hydrogen-bond donors (Lipinski definition) is 0. The van der Waals surface area contributed by atoms with Crippen LogP contribution in [-0.2, 0) is 0 Å². The topological polar surface area (TPSA) is 33.0 Å². The fourth-order valence-corrected chi connectivity index (χ4v) is 1.63. The van der Waals surface area contributed by atoms with Crippen molar-refractivity contribution >= 4 is 5.57 Å². The van der Waals surface area contributed by atoms with Crippen LogP contribution in [0.3, 0.4) is 0 Å². The lowest BCUT2D eigenvalue weighted by molar-refractivity contribution is 0.158. The summed E-state index contributed by atoms with van der Waals surface area (Å²) >= 11 is 0. The lowest BCUT2D eigenvalue weighted by atomic mass is 9.95. The largest absolute Gasteiger partial charge is 0.483 e. The van der Waals surface area contributed by atoms with E-state index >= 15 is 0 Å². The predicted molar refractivity (Wildman–Crippen MR) is 54.7 cm³/mol. The van der Waals surface area contributed by atoms with Crippen LogP contribution in [0.4, 0.5) is 4.39 Å². The molecule has 2 rings (SSSR count). The quantitative estimate of drug-likeness (QED) is 0.649. The van der Waals surface area contributed by atoms with E-state index < -0.39 is 5.60 Å². The van der Waals surface area contributed by atoms with Gasteiger partial charge < -0.3 is 4.74 Å². The van der Waals surface area contributed by atoms with Crippen LogP contribution in [0.25, 0.3) is 5.57 Å². The maximum atomic E-state index is 13.0. The summed E-state index contributed by atoms with van der Waals surface area (Å²) in [6.45, 7) is 3.72. The van der Waals surface area contributed by atoms with Gasteiger partial charge in [0.2, 0.25) is 0 Å². The Hall–Kier alpha value is -1.82. The smallest absolute Gasteiger partial charge is 0.129 e. The second-order valence-corrected chi connectivity index (χ2v) is 4.02. The molecule has 0 radical (unpaired) electrons. The van der Waals surface area contributed by atoms with Gasteiger partial charge in [-0.15, -0.1) is 0 Å². The molecule has 76 valence electrons. The molecule has 0 amide bonds. The molecule has 0 aliphatic carbocycles. The van der Waals surface area contributed by atoms with Gasteiger partial charge in [0.25, 0.3) is 0 Å². The molecule has 1 heterocycles. The lowest BCUT2D eigenvalue weighted by Gasteiger charge is -2.29. The number of rotatable bonds is 0. The molecule has 1 aromatic carbocycles. The molecule has 0 saturated heterocycles. The van der Waals surface area contributed by atoms with Crippen LogP contribution >= 0.6 is 0 Å². The van der Waals surface area contributed by atoms with E-state index in [1.54, 1.807) is 12.1 Å². The Bertz CT molecular complexity index is 483. The van der Waals surface area contributed by atoms with E-state index in [0.29, 0.717) is 16.9 Å². The molecule has 0 bridgehead atoms. The average molecular weight is 203 g/mol. The van der Waals surface area contributed by atoms with Gasteiger partial charge in [0, 0.05) is 5.56 Å². The van der Waals surface area contributed by atoms with Gasteiger partial charge in [-0.25, -0.2) is 4.39 Å². The van der Waals surface area contributed by atoms with Gasteiger partial charge in [-0.1, -0.05) is 0 Å². The number of nitriles is 1. The highest BCUT2D eigenvalue weighted by Gasteiger charge is 2.26.